The van der Waals surface area contributed by atoms with Gasteiger partial charge in [-0.2, -0.15) is 0 Å². The van der Waals surface area contributed by atoms with Crippen LogP contribution >= 0.6 is 0 Å². The van der Waals surface area contributed by atoms with Crippen LogP contribution in [0, 0.1) is 11.8 Å². The normalized spacial score (nSPS) is 29.2. The van der Waals surface area contributed by atoms with Gasteiger partial charge in [-0.25, -0.2) is 9.59 Å². The molecule has 18 nitrogen and oxygen atoms in total. The number of allylic oxidation sites excluding steroid dienone is 1. The van der Waals surface area contributed by atoms with Gasteiger partial charge in [0.05, 0.1) is 48.3 Å². The van der Waals surface area contributed by atoms with Crippen LogP contribution in [0.1, 0.15) is 46.0 Å². The molecule has 3 aliphatic heterocycles. The molecule has 302 valence electrons. The number of carboxylic acid groups (broad SMARTS) is 1. The molecule has 1 aliphatic carbocycles. The first-order valence-electron chi connectivity index (χ1n) is 18.0. The number of nitrogens with one attached hydrogen (secondary N) is 1. The molecule has 3 heterocycles. The molecule has 0 aromatic heterocycles. The van der Waals surface area contributed by atoms with Gasteiger partial charge in [0.2, 0.25) is 12.1 Å². The number of nitrogens with zero attached hydrogens (tertiary/aromatic N) is 2. The van der Waals surface area contributed by atoms with Gasteiger partial charge in [0, 0.05) is 38.4 Å². The van der Waals surface area contributed by atoms with Gasteiger partial charge in [0.1, 0.15) is 18.3 Å². The van der Waals surface area contributed by atoms with Crippen molar-refractivity contribution in [1.29, 1.82) is 0 Å². The predicted molar refractivity (Wildman–Crippen MR) is 190 cm³/mol. The maximum Gasteiger partial charge on any atom is 0.339 e. The summed E-state index contributed by atoms with van der Waals surface area (Å²) in [5, 5.41) is 74.1. The zero-order valence-corrected chi connectivity index (χ0v) is 30.5. The van der Waals surface area contributed by atoms with Crippen molar-refractivity contribution in [3.8, 4) is 0 Å². The minimum absolute atomic E-state index is 0.0852. The number of rotatable bonds is 17. The molecule has 18 heteroatoms. The number of aliphatic hydroxyl groups excluding tert-OH is 4. The Morgan fingerprint density at radius 3 is 2.52 bits per heavy atom. The van der Waals surface area contributed by atoms with Gasteiger partial charge in [-0.05, 0) is 51.5 Å². The second-order valence-corrected chi connectivity index (χ2v) is 13.7. The highest BCUT2D eigenvalue weighted by atomic mass is 16.8. The highest BCUT2D eigenvalue weighted by Gasteiger charge is 2.57. The van der Waals surface area contributed by atoms with Crippen molar-refractivity contribution in [3.63, 3.8) is 0 Å². The van der Waals surface area contributed by atoms with Crippen molar-refractivity contribution in [3.05, 3.63) is 59.7 Å². The van der Waals surface area contributed by atoms with E-state index in [4.69, 9.17) is 34.5 Å². The van der Waals surface area contributed by atoms with Crippen molar-refractivity contribution >= 4 is 17.9 Å². The number of guanidine groups is 1. The monoisotopic (exact) mass is 766 g/mol. The summed E-state index contributed by atoms with van der Waals surface area (Å²) >= 11 is 0. The van der Waals surface area contributed by atoms with E-state index in [1.54, 1.807) is 30.9 Å². The minimum atomic E-state index is -2.92. The van der Waals surface area contributed by atoms with E-state index >= 15 is 0 Å². The summed E-state index contributed by atoms with van der Waals surface area (Å²) in [6.45, 7) is 6.40. The lowest BCUT2D eigenvalue weighted by atomic mass is 9.83. The standard InChI is InChI=1S/C36H54N4O14/c1-4-23-24(11-10-21-16-40(13-15-42)17-25(31(45)46)28(21)39-35(37)38-12-7-14-41)26(32(47)52-22-8-5-6-9-22)19-50-33(23)54-34-30(51-20(2)3)36(48,49)29(44)27(18-43)53-34/h4,10-11,17,19-20,22-24,27,29-30,33-34,41-44,48-49H,1,5-9,12-16,18H2,2-3H3,(H,45,46)(H3,37,38,39)/b11-10+/t23-,24+,27-,29-,30+,33+,34+/m1/s1. The average Bonchev–Trinajstić information content (AvgIpc) is 3.64. The first-order chi connectivity index (χ1) is 25.7. The number of hydrogen-bond donors (Lipinski definition) is 9. The highest BCUT2D eigenvalue weighted by Crippen LogP contribution is 2.39. The smallest absolute Gasteiger partial charge is 0.339 e. The van der Waals surface area contributed by atoms with E-state index < -0.39 is 73.2 Å². The molecule has 4 rings (SSSR count). The largest absolute Gasteiger partial charge is 0.478 e. The lowest BCUT2D eigenvalue weighted by molar-refractivity contribution is -0.413. The van der Waals surface area contributed by atoms with Crippen molar-refractivity contribution < 1.29 is 69.0 Å². The molecule has 0 amide bonds. The molecule has 0 radical (unpaired) electrons. The third-order valence-corrected chi connectivity index (χ3v) is 9.38. The average molecular weight is 767 g/mol. The molecule has 4 aliphatic rings. The van der Waals surface area contributed by atoms with Gasteiger partial charge in [-0.1, -0.05) is 18.2 Å². The zero-order valence-electron chi connectivity index (χ0n) is 30.5. The van der Waals surface area contributed by atoms with Crippen LogP contribution in [0.15, 0.2) is 64.7 Å². The van der Waals surface area contributed by atoms with Crippen molar-refractivity contribution in [2.45, 2.75) is 94.8 Å². The van der Waals surface area contributed by atoms with Crippen molar-refractivity contribution in [2.75, 3.05) is 39.5 Å². The molecule has 0 aromatic rings. The summed E-state index contributed by atoms with van der Waals surface area (Å²) in [5.74, 6) is -6.77. The fraction of sp³-hybridized carbons (Fsp3) is 0.639. The quantitative estimate of drug-likeness (QED) is 0.0216. The molecule has 0 bridgehead atoms. The number of aliphatic carboxylic acids is 1. The number of esters is 1. The van der Waals surface area contributed by atoms with E-state index in [0.29, 0.717) is 24.8 Å². The van der Waals surface area contributed by atoms with Gasteiger partial charge in [0.15, 0.2) is 18.4 Å². The lowest BCUT2D eigenvalue weighted by Crippen LogP contribution is -2.69. The second-order valence-electron chi connectivity index (χ2n) is 13.7. The van der Waals surface area contributed by atoms with E-state index in [9.17, 15) is 40.2 Å². The molecule has 0 unspecified atom stereocenters. The number of hydrogen-bond acceptors (Lipinski definition) is 15. The maximum absolute atomic E-state index is 13.7. The van der Waals surface area contributed by atoms with Crippen LogP contribution < -0.4 is 11.1 Å². The third-order valence-electron chi connectivity index (χ3n) is 9.38. The molecular weight excluding hydrogens is 712 g/mol. The summed E-state index contributed by atoms with van der Waals surface area (Å²) < 4.78 is 29.4. The Bertz CT molecular complexity index is 1470. The van der Waals surface area contributed by atoms with Gasteiger partial charge in [-0.15, -0.1) is 6.58 Å². The van der Waals surface area contributed by atoms with Gasteiger partial charge < -0.3 is 75.4 Å². The maximum atomic E-state index is 13.7. The van der Waals surface area contributed by atoms with Crippen LogP contribution in [-0.4, -0.2) is 147 Å². The Morgan fingerprint density at radius 1 is 1.19 bits per heavy atom. The number of carboxylic acids is 1. The molecule has 0 spiro atoms. The van der Waals surface area contributed by atoms with E-state index in [1.165, 1.54) is 18.5 Å². The number of carbonyl (C=O) groups excluding carboxylic acids is 1. The number of aliphatic imine (C=N–C) groups is 1. The van der Waals surface area contributed by atoms with E-state index in [2.05, 4.69) is 16.9 Å². The Hall–Kier alpha value is -3.85. The van der Waals surface area contributed by atoms with Crippen molar-refractivity contribution in [1.82, 2.24) is 10.2 Å². The number of aliphatic hydroxyl groups is 6. The minimum Gasteiger partial charge on any atom is -0.478 e. The van der Waals surface area contributed by atoms with Crippen LogP contribution in [0.3, 0.4) is 0 Å². The van der Waals surface area contributed by atoms with Crippen LogP contribution in [-0.2, 0) is 33.3 Å². The Morgan fingerprint density at radius 2 is 1.91 bits per heavy atom. The summed E-state index contributed by atoms with van der Waals surface area (Å²) in [4.78, 5) is 31.9. The molecule has 0 aromatic carbocycles. The van der Waals surface area contributed by atoms with E-state index in [0.717, 1.165) is 12.8 Å². The van der Waals surface area contributed by atoms with Crippen LogP contribution in [0.5, 0.6) is 0 Å². The van der Waals surface area contributed by atoms with E-state index in [-0.39, 0.29) is 61.8 Å². The Kier molecular flexibility index (Phi) is 15.6. The molecule has 10 N–H and O–H groups in total. The number of carbonyl (C=O) groups is 2. The van der Waals surface area contributed by atoms with Crippen LogP contribution in [0.2, 0.25) is 0 Å². The Labute approximate surface area is 313 Å². The lowest BCUT2D eigenvalue weighted by Gasteiger charge is -2.48. The summed E-state index contributed by atoms with van der Waals surface area (Å²) in [7, 11) is 0. The number of nitrogens with two attached hydrogens (primary N) is 1. The summed E-state index contributed by atoms with van der Waals surface area (Å²) in [6, 6.07) is 0. The fourth-order valence-electron chi connectivity index (χ4n) is 6.64. The molecule has 2 fully saturated rings. The van der Waals surface area contributed by atoms with Gasteiger partial charge in [0.25, 0.3) is 0 Å². The SMILES string of the molecule is C=C[C@H]1[C@H](O[C@@H]2O[C@H](CO)[C@@H](O)C(O)(O)[C@H]2OC(C)C)OC=C(C(=O)OC2CCCC2)[C@H]1/C=C/C1=C(NC(N)=NCCCO)C(C(=O)O)=CN(CCO)C1. The first-order valence-corrected chi connectivity index (χ1v) is 18.0. The van der Waals surface area contributed by atoms with Crippen LogP contribution in [0.4, 0.5) is 0 Å². The number of ether oxygens (including phenoxy) is 5. The first kappa shape index (κ1) is 42.9. The number of β-amino-alcohol motifs (C(OH)–C–C–N with tert-alkyl or cyclic N) is 1. The predicted octanol–water partition coefficient (Wildman–Crippen LogP) is -0.927. The van der Waals surface area contributed by atoms with Crippen LogP contribution in [0.25, 0.3) is 0 Å². The van der Waals surface area contributed by atoms with E-state index in [1.807, 2.05) is 0 Å². The Balaban J connectivity index is 1.76. The summed E-state index contributed by atoms with van der Waals surface area (Å²) in [6.07, 6.45) is 1.81. The molecule has 1 saturated heterocycles. The van der Waals surface area contributed by atoms with Gasteiger partial charge in [-0.3, -0.25) is 4.99 Å². The van der Waals surface area contributed by atoms with Crippen molar-refractivity contribution in [2.24, 2.45) is 22.6 Å². The highest BCUT2D eigenvalue weighted by molar-refractivity contribution is 5.95. The van der Waals surface area contributed by atoms with Gasteiger partial charge >= 0.3 is 11.9 Å². The molecule has 1 saturated carbocycles. The third kappa shape index (κ3) is 10.5. The zero-order chi connectivity index (χ0) is 39.6. The fourth-order valence-corrected chi connectivity index (χ4v) is 6.64. The molecule has 7 atom stereocenters. The summed E-state index contributed by atoms with van der Waals surface area (Å²) in [5.41, 5.74) is 6.51. The topological polar surface area (TPSA) is 276 Å². The molecule has 54 heavy (non-hydrogen) atoms. The molecular formula is C36H54N4O14. The second kappa shape index (κ2) is 19.7.